The van der Waals surface area contributed by atoms with E-state index in [-0.39, 0.29) is 10.7 Å². The lowest BCUT2D eigenvalue weighted by atomic mass is 10.00. The number of hydrogen-bond acceptors (Lipinski definition) is 2. The highest BCUT2D eigenvalue weighted by Crippen LogP contribution is 2.15. The molecule has 0 N–H and O–H groups in total. The van der Waals surface area contributed by atoms with Crippen LogP contribution < -0.4 is 0 Å². The molecule has 0 aromatic rings. The molecule has 2 nitrogen and oxygen atoms in total. The predicted octanol–water partition coefficient (Wildman–Crippen LogP) is 3.15. The second-order valence-electron chi connectivity index (χ2n) is 4.14. The maximum absolute atomic E-state index is 10.2. The van der Waals surface area contributed by atoms with E-state index in [9.17, 15) is 4.79 Å². The first-order chi connectivity index (χ1) is 6.29. The molecule has 86 valence electrons. The zero-order valence-corrected chi connectivity index (χ0v) is 11.1. The van der Waals surface area contributed by atoms with E-state index in [4.69, 9.17) is 11.6 Å². The smallest absolute Gasteiger partial charge is 0.226 e. The van der Waals surface area contributed by atoms with Crippen molar-refractivity contribution in [2.45, 2.75) is 41.5 Å². The molecule has 0 fully saturated rings. The van der Waals surface area contributed by atoms with Gasteiger partial charge in [0.05, 0.1) is 0 Å². The van der Waals surface area contributed by atoms with Gasteiger partial charge in [-0.15, -0.1) is 0 Å². The Kier molecular flexibility index (Phi) is 9.63. The van der Waals surface area contributed by atoms with Gasteiger partial charge in [-0.2, -0.15) is 0 Å². The van der Waals surface area contributed by atoms with Gasteiger partial charge >= 0.3 is 0 Å². The summed E-state index contributed by atoms with van der Waals surface area (Å²) in [6.07, 6.45) is 0. The molecule has 0 aliphatic heterocycles. The third-order valence-electron chi connectivity index (χ3n) is 1.93. The maximum atomic E-state index is 10.2. The van der Waals surface area contributed by atoms with Crippen LogP contribution in [0.2, 0.25) is 0 Å². The molecule has 0 saturated carbocycles. The first-order valence-electron chi connectivity index (χ1n) is 5.21. The maximum Gasteiger partial charge on any atom is 0.226 e. The first kappa shape index (κ1) is 16.4. The van der Waals surface area contributed by atoms with E-state index < -0.39 is 0 Å². The zero-order chi connectivity index (χ0) is 11.8. The Bertz CT molecular complexity index is 142. The van der Waals surface area contributed by atoms with Gasteiger partial charge in [0, 0.05) is 5.41 Å². The van der Waals surface area contributed by atoms with Gasteiger partial charge < -0.3 is 4.90 Å². The third kappa shape index (κ3) is 10.0. The minimum Gasteiger partial charge on any atom is -0.304 e. The summed E-state index contributed by atoms with van der Waals surface area (Å²) in [5.74, 6) is 0. The molecule has 0 radical (unpaired) electrons. The number of nitrogens with zero attached hydrogens (tertiary/aromatic N) is 1. The van der Waals surface area contributed by atoms with Crippen molar-refractivity contribution in [1.82, 2.24) is 4.90 Å². The molecule has 0 unspecified atom stereocenters. The van der Waals surface area contributed by atoms with Crippen LogP contribution in [0.5, 0.6) is 0 Å². The molecule has 0 bridgehead atoms. The highest BCUT2D eigenvalue weighted by molar-refractivity contribution is 6.64. The van der Waals surface area contributed by atoms with Gasteiger partial charge in [-0.05, 0) is 31.2 Å². The van der Waals surface area contributed by atoms with Crippen LogP contribution in [0.15, 0.2) is 0 Å². The van der Waals surface area contributed by atoms with Gasteiger partial charge in [-0.3, -0.25) is 4.79 Å². The minimum atomic E-state index is -0.373. The molecule has 3 heteroatoms. The molecule has 0 aromatic carbocycles. The van der Waals surface area contributed by atoms with Crippen LogP contribution in [-0.4, -0.2) is 29.8 Å². The number of hydrogen-bond donors (Lipinski definition) is 0. The fourth-order valence-electron chi connectivity index (χ4n) is 0.671. The van der Waals surface area contributed by atoms with Crippen LogP contribution in [0.3, 0.4) is 0 Å². The third-order valence-corrected chi connectivity index (χ3v) is 2.50. The number of carbonyl (C=O) groups is 1. The fraction of sp³-hybridized carbons (Fsp3) is 0.909. The van der Waals surface area contributed by atoms with Gasteiger partial charge in [0.2, 0.25) is 5.24 Å². The van der Waals surface area contributed by atoms with Crippen molar-refractivity contribution in [1.29, 1.82) is 0 Å². The van der Waals surface area contributed by atoms with Crippen molar-refractivity contribution >= 4 is 16.8 Å². The molecule has 14 heavy (non-hydrogen) atoms. The topological polar surface area (TPSA) is 20.3 Å². The summed E-state index contributed by atoms with van der Waals surface area (Å²) in [5.41, 5.74) is -0.373. The molecule has 0 rings (SSSR count). The molecular weight excluding hydrogens is 198 g/mol. The monoisotopic (exact) mass is 221 g/mol. The SMILES string of the molecule is CC(C)(C)C(=O)Cl.CCN(CC)CC. The van der Waals surface area contributed by atoms with Crippen LogP contribution >= 0.6 is 11.6 Å². The largest absolute Gasteiger partial charge is 0.304 e. The van der Waals surface area contributed by atoms with Gasteiger partial charge in [-0.1, -0.05) is 41.5 Å². The van der Waals surface area contributed by atoms with Gasteiger partial charge in [0.25, 0.3) is 0 Å². The van der Waals surface area contributed by atoms with Crippen molar-refractivity contribution in [2.75, 3.05) is 19.6 Å². The van der Waals surface area contributed by atoms with Gasteiger partial charge in [0.1, 0.15) is 0 Å². The lowest BCUT2D eigenvalue weighted by Crippen LogP contribution is -2.21. The van der Waals surface area contributed by atoms with E-state index in [0.717, 1.165) is 0 Å². The standard InChI is InChI=1S/C6H15N.C5H9ClO/c1-4-7(5-2)6-3;1-5(2,3)4(6)7/h4-6H2,1-3H3;1-3H3. The summed E-state index contributed by atoms with van der Waals surface area (Å²) in [5, 5.41) is -0.285. The molecular formula is C11H24ClNO. The highest BCUT2D eigenvalue weighted by atomic mass is 35.5. The summed E-state index contributed by atoms with van der Waals surface area (Å²) in [7, 11) is 0. The average molecular weight is 222 g/mol. The van der Waals surface area contributed by atoms with Crippen molar-refractivity contribution in [3.63, 3.8) is 0 Å². The average Bonchev–Trinajstić information content (AvgIpc) is 2.07. The van der Waals surface area contributed by atoms with E-state index in [1.54, 1.807) is 20.8 Å². The Balaban J connectivity index is 0. The Morgan fingerprint density at radius 1 is 1.07 bits per heavy atom. The molecule has 0 spiro atoms. The summed E-state index contributed by atoms with van der Waals surface area (Å²) < 4.78 is 0. The number of carbonyl (C=O) groups excluding carboxylic acids is 1. The summed E-state index contributed by atoms with van der Waals surface area (Å²) >= 11 is 5.11. The molecule has 0 aromatic heterocycles. The normalized spacial score (nSPS) is 10.9. The Morgan fingerprint density at radius 2 is 1.29 bits per heavy atom. The van der Waals surface area contributed by atoms with E-state index in [0.29, 0.717) is 0 Å². The lowest BCUT2D eigenvalue weighted by molar-refractivity contribution is -0.118. The Labute approximate surface area is 93.6 Å². The first-order valence-corrected chi connectivity index (χ1v) is 5.59. The van der Waals surface area contributed by atoms with Gasteiger partial charge in [0.15, 0.2) is 0 Å². The van der Waals surface area contributed by atoms with Crippen molar-refractivity contribution < 1.29 is 4.79 Å². The van der Waals surface area contributed by atoms with Crippen molar-refractivity contribution in [3.05, 3.63) is 0 Å². The van der Waals surface area contributed by atoms with Crippen LogP contribution in [0.4, 0.5) is 0 Å². The van der Waals surface area contributed by atoms with Crippen LogP contribution in [-0.2, 0) is 4.79 Å². The van der Waals surface area contributed by atoms with E-state index >= 15 is 0 Å². The molecule has 0 aliphatic rings. The van der Waals surface area contributed by atoms with Crippen LogP contribution in [0.25, 0.3) is 0 Å². The minimum absolute atomic E-state index is 0.285. The predicted molar refractivity (Wildman–Crippen MR) is 63.8 cm³/mol. The quantitative estimate of drug-likeness (QED) is 0.683. The Hall–Kier alpha value is -0.0800. The van der Waals surface area contributed by atoms with Crippen LogP contribution in [0, 0.1) is 5.41 Å². The summed E-state index contributed by atoms with van der Waals surface area (Å²) in [6, 6.07) is 0. The fourth-order valence-corrected chi connectivity index (χ4v) is 0.671. The molecule has 0 amide bonds. The number of halogens is 1. The molecule has 0 heterocycles. The van der Waals surface area contributed by atoms with Gasteiger partial charge in [-0.25, -0.2) is 0 Å². The van der Waals surface area contributed by atoms with Crippen LogP contribution in [0.1, 0.15) is 41.5 Å². The van der Waals surface area contributed by atoms with Crippen molar-refractivity contribution in [2.24, 2.45) is 5.41 Å². The van der Waals surface area contributed by atoms with Crippen molar-refractivity contribution in [3.8, 4) is 0 Å². The molecule has 0 saturated heterocycles. The second kappa shape index (κ2) is 8.25. The summed E-state index contributed by atoms with van der Waals surface area (Å²) in [4.78, 5) is 12.6. The summed E-state index contributed by atoms with van der Waals surface area (Å²) in [6.45, 7) is 15.5. The zero-order valence-electron chi connectivity index (χ0n) is 10.4. The highest BCUT2D eigenvalue weighted by Gasteiger charge is 2.17. The number of rotatable bonds is 3. The second-order valence-corrected chi connectivity index (χ2v) is 4.49. The van der Waals surface area contributed by atoms with E-state index in [1.807, 2.05) is 0 Å². The van der Waals surface area contributed by atoms with E-state index in [1.165, 1.54) is 19.6 Å². The molecule has 0 atom stereocenters. The lowest BCUT2D eigenvalue weighted by Gasteiger charge is -2.13. The van der Waals surface area contributed by atoms with E-state index in [2.05, 4.69) is 25.7 Å². The Morgan fingerprint density at radius 3 is 1.29 bits per heavy atom. The molecule has 0 aliphatic carbocycles.